The number of fused-ring (bicyclic) bond motifs is 2. The third-order valence-corrected chi connectivity index (χ3v) is 7.94. The molecular weight excluding hydrogens is 454 g/mol. The van der Waals surface area contributed by atoms with Gasteiger partial charge in [-0.3, -0.25) is 9.69 Å². The fourth-order valence-electron chi connectivity index (χ4n) is 4.60. The highest BCUT2D eigenvalue weighted by Gasteiger charge is 2.59. The van der Waals surface area contributed by atoms with Crippen LogP contribution in [0.5, 0.6) is 0 Å². The number of hydrogen-bond acceptors (Lipinski definition) is 3. The molecule has 1 saturated heterocycles. The number of amides is 3. The van der Waals surface area contributed by atoms with Gasteiger partial charge in [-0.25, -0.2) is 4.79 Å². The van der Waals surface area contributed by atoms with Crippen molar-refractivity contribution in [3.63, 3.8) is 0 Å². The Morgan fingerprint density at radius 2 is 1.85 bits per heavy atom. The van der Waals surface area contributed by atoms with E-state index in [1.54, 1.807) is 9.80 Å². The topological polar surface area (TPSA) is 52.7 Å². The molecule has 3 amide bonds. The van der Waals surface area contributed by atoms with Crippen LogP contribution in [0.15, 0.2) is 66.7 Å². The summed E-state index contributed by atoms with van der Waals surface area (Å²) < 4.78 is 0. The first-order chi connectivity index (χ1) is 15.9. The monoisotopic (exact) mass is 477 g/mol. The Bertz CT molecular complexity index is 1260. The zero-order valence-corrected chi connectivity index (χ0v) is 20.0. The van der Waals surface area contributed by atoms with Crippen LogP contribution >= 0.6 is 23.4 Å². The van der Waals surface area contributed by atoms with E-state index in [-0.39, 0.29) is 11.9 Å². The summed E-state index contributed by atoms with van der Waals surface area (Å²) in [5.74, 6) is 0.574. The number of thioether (sulfide) groups is 1. The molecule has 3 aromatic rings. The van der Waals surface area contributed by atoms with E-state index in [1.165, 1.54) is 11.8 Å². The molecule has 7 heteroatoms. The van der Waals surface area contributed by atoms with Gasteiger partial charge in [0, 0.05) is 28.6 Å². The minimum atomic E-state index is -1.09. The molecule has 2 heterocycles. The average Bonchev–Trinajstić information content (AvgIpc) is 3.32. The highest BCUT2D eigenvalue weighted by molar-refractivity contribution is 8.01. The maximum absolute atomic E-state index is 14.1. The number of halogens is 1. The van der Waals surface area contributed by atoms with Crippen LogP contribution in [0.1, 0.15) is 22.3 Å². The fourth-order valence-corrected chi connectivity index (χ4v) is 6.24. The van der Waals surface area contributed by atoms with E-state index in [0.29, 0.717) is 23.9 Å². The lowest BCUT2D eigenvalue weighted by molar-refractivity contribution is -0.123. The summed E-state index contributed by atoms with van der Waals surface area (Å²) in [6.07, 6.45) is 0. The van der Waals surface area contributed by atoms with E-state index in [4.69, 9.17) is 11.6 Å². The first-order valence-corrected chi connectivity index (χ1v) is 12.2. The number of carbonyl (C=O) groups is 2. The number of anilines is 2. The molecule has 0 aromatic heterocycles. The second-order valence-electron chi connectivity index (χ2n) is 8.45. The molecule has 1 N–H and O–H groups in total. The smallest absolute Gasteiger partial charge is 0.308 e. The predicted molar refractivity (Wildman–Crippen MR) is 135 cm³/mol. The Labute approximate surface area is 202 Å². The van der Waals surface area contributed by atoms with Crippen molar-refractivity contribution < 1.29 is 9.59 Å². The molecule has 2 aliphatic heterocycles. The van der Waals surface area contributed by atoms with Gasteiger partial charge in [-0.2, -0.15) is 0 Å². The number of carbonyl (C=O) groups excluding carboxylic acids is 2. The second-order valence-corrected chi connectivity index (χ2v) is 10.1. The molecular formula is C26H24ClN3O2S. The average molecular weight is 478 g/mol. The van der Waals surface area contributed by atoms with Gasteiger partial charge in [0.2, 0.25) is 0 Å². The van der Waals surface area contributed by atoms with Crippen LogP contribution in [0.25, 0.3) is 0 Å². The van der Waals surface area contributed by atoms with Gasteiger partial charge < -0.3 is 10.2 Å². The Balaban J connectivity index is 1.54. The van der Waals surface area contributed by atoms with Gasteiger partial charge >= 0.3 is 6.03 Å². The molecule has 0 aliphatic carbocycles. The Kier molecular flexibility index (Phi) is 5.59. The number of aryl methyl sites for hydroxylation is 2. The molecule has 0 saturated carbocycles. The molecule has 0 radical (unpaired) electrons. The molecule has 1 fully saturated rings. The number of benzene rings is 3. The van der Waals surface area contributed by atoms with Crippen LogP contribution in [0.3, 0.4) is 0 Å². The summed E-state index contributed by atoms with van der Waals surface area (Å²) in [5.41, 5.74) is 5.38. The van der Waals surface area contributed by atoms with Crippen LogP contribution in [0.4, 0.5) is 16.2 Å². The first-order valence-electron chi connectivity index (χ1n) is 10.9. The molecule has 1 spiro atoms. The Morgan fingerprint density at radius 3 is 2.64 bits per heavy atom. The molecule has 3 aromatic carbocycles. The lowest BCUT2D eigenvalue weighted by Gasteiger charge is -2.33. The van der Waals surface area contributed by atoms with Crippen LogP contribution in [-0.4, -0.2) is 29.1 Å². The molecule has 0 unspecified atom stereocenters. The van der Waals surface area contributed by atoms with Crippen molar-refractivity contribution in [2.75, 3.05) is 22.5 Å². The van der Waals surface area contributed by atoms with E-state index in [1.807, 2.05) is 80.6 Å². The Hall–Kier alpha value is -2.96. The van der Waals surface area contributed by atoms with Gasteiger partial charge in [0.15, 0.2) is 4.87 Å². The third kappa shape index (κ3) is 3.67. The number of rotatable bonds is 3. The van der Waals surface area contributed by atoms with E-state index in [0.717, 1.165) is 33.6 Å². The van der Waals surface area contributed by atoms with Crippen LogP contribution < -0.4 is 10.2 Å². The van der Waals surface area contributed by atoms with Gasteiger partial charge in [0.25, 0.3) is 5.91 Å². The standard InChI is InChI=1S/C26H24ClN3O2S/c1-17-6-5-8-20(14-17)28-25(32)30-12-13-33-26(30)21-15-18(2)10-11-23(21)29(24(26)31)16-19-7-3-4-9-22(19)27/h3-11,14-15H,12-13,16H2,1-2H3,(H,28,32)/t26-/m0/s1. The van der Waals surface area contributed by atoms with Crippen molar-refractivity contribution >= 4 is 46.7 Å². The summed E-state index contributed by atoms with van der Waals surface area (Å²) in [5, 5.41) is 3.62. The lowest BCUT2D eigenvalue weighted by atomic mass is 10.0. The molecule has 0 bridgehead atoms. The van der Waals surface area contributed by atoms with Crippen molar-refractivity contribution in [2.24, 2.45) is 0 Å². The largest absolute Gasteiger partial charge is 0.323 e. The molecule has 1 atom stereocenters. The summed E-state index contributed by atoms with van der Waals surface area (Å²) in [6.45, 7) is 4.83. The summed E-state index contributed by atoms with van der Waals surface area (Å²) >= 11 is 7.94. The number of nitrogens with one attached hydrogen (secondary N) is 1. The van der Waals surface area contributed by atoms with Crippen molar-refractivity contribution in [3.05, 3.63) is 94.0 Å². The zero-order valence-electron chi connectivity index (χ0n) is 18.5. The van der Waals surface area contributed by atoms with Gasteiger partial charge in [0.1, 0.15) is 0 Å². The quantitative estimate of drug-likeness (QED) is 0.508. The van der Waals surface area contributed by atoms with Gasteiger partial charge in [-0.1, -0.05) is 59.6 Å². The summed E-state index contributed by atoms with van der Waals surface area (Å²) in [7, 11) is 0. The SMILES string of the molecule is Cc1cccc(NC(=O)N2CCS[C@@]23C(=O)N(Cc2ccccc2Cl)c2ccc(C)cc23)c1. The normalized spacial score (nSPS) is 19.3. The van der Waals surface area contributed by atoms with E-state index in [9.17, 15) is 9.59 Å². The zero-order chi connectivity index (χ0) is 23.2. The molecule has 2 aliphatic rings. The van der Waals surface area contributed by atoms with E-state index < -0.39 is 4.87 Å². The van der Waals surface area contributed by atoms with Gasteiger partial charge in [-0.05, 0) is 49.2 Å². The van der Waals surface area contributed by atoms with Crippen LogP contribution in [0.2, 0.25) is 5.02 Å². The van der Waals surface area contributed by atoms with Gasteiger partial charge in [0.05, 0.1) is 12.2 Å². The van der Waals surface area contributed by atoms with Gasteiger partial charge in [-0.15, -0.1) is 11.8 Å². The highest BCUT2D eigenvalue weighted by atomic mass is 35.5. The summed E-state index contributed by atoms with van der Waals surface area (Å²) in [6, 6.07) is 21.0. The fraction of sp³-hybridized carbons (Fsp3) is 0.231. The third-order valence-electron chi connectivity index (χ3n) is 6.15. The maximum atomic E-state index is 14.1. The van der Waals surface area contributed by atoms with Crippen molar-refractivity contribution in [2.45, 2.75) is 25.3 Å². The minimum Gasteiger partial charge on any atom is -0.308 e. The van der Waals surface area contributed by atoms with E-state index >= 15 is 0 Å². The molecule has 33 heavy (non-hydrogen) atoms. The molecule has 5 rings (SSSR count). The maximum Gasteiger partial charge on any atom is 0.323 e. The second kappa shape index (κ2) is 8.43. The van der Waals surface area contributed by atoms with Crippen LogP contribution in [-0.2, 0) is 16.2 Å². The minimum absolute atomic E-state index is 0.107. The number of hydrogen-bond donors (Lipinski definition) is 1. The number of nitrogens with zero attached hydrogens (tertiary/aromatic N) is 2. The highest BCUT2D eigenvalue weighted by Crippen LogP contribution is 2.54. The van der Waals surface area contributed by atoms with Crippen LogP contribution in [0, 0.1) is 13.8 Å². The molecule has 168 valence electrons. The number of urea groups is 1. The molecule has 5 nitrogen and oxygen atoms in total. The predicted octanol–water partition coefficient (Wildman–Crippen LogP) is 5.94. The lowest BCUT2D eigenvalue weighted by Crippen LogP contribution is -2.51. The van der Waals surface area contributed by atoms with Crippen molar-refractivity contribution in [3.8, 4) is 0 Å². The van der Waals surface area contributed by atoms with Crippen molar-refractivity contribution in [1.82, 2.24) is 4.90 Å². The van der Waals surface area contributed by atoms with E-state index in [2.05, 4.69) is 5.32 Å². The van der Waals surface area contributed by atoms with Crippen molar-refractivity contribution in [1.29, 1.82) is 0 Å². The Morgan fingerprint density at radius 1 is 1.06 bits per heavy atom. The first kappa shape index (κ1) is 21.9. The summed E-state index contributed by atoms with van der Waals surface area (Å²) in [4.78, 5) is 29.9.